The molecule has 2 amide bonds. The van der Waals surface area contributed by atoms with E-state index in [1.807, 2.05) is 50.2 Å². The van der Waals surface area contributed by atoms with Crippen molar-refractivity contribution in [1.82, 2.24) is 14.9 Å². The van der Waals surface area contributed by atoms with E-state index in [1.54, 1.807) is 22.8 Å². The molecule has 0 aliphatic carbocycles. The zero-order valence-corrected chi connectivity index (χ0v) is 17.8. The fourth-order valence-corrected chi connectivity index (χ4v) is 3.55. The first-order valence-electron chi connectivity index (χ1n) is 10.3. The van der Waals surface area contributed by atoms with Crippen LogP contribution < -0.4 is 10.6 Å². The molecule has 0 fully saturated rings. The lowest BCUT2D eigenvalue weighted by molar-refractivity contribution is -0.116. The third-order valence-electron chi connectivity index (χ3n) is 5.14. The second-order valence-corrected chi connectivity index (χ2v) is 7.66. The SMILES string of the molecule is Cc1ccc(C(=O)NC(C)c2nc3ccccc3n2CC(=O)Nc2cccc(F)c2)cc1. The monoisotopic (exact) mass is 430 g/mol. The normalized spacial score (nSPS) is 11.8. The Morgan fingerprint density at radius 2 is 1.78 bits per heavy atom. The van der Waals surface area contributed by atoms with Crippen molar-refractivity contribution in [2.45, 2.75) is 26.4 Å². The van der Waals surface area contributed by atoms with Crippen LogP contribution in [0.2, 0.25) is 0 Å². The number of nitrogens with one attached hydrogen (secondary N) is 2. The van der Waals surface area contributed by atoms with Crippen LogP contribution in [0.4, 0.5) is 10.1 Å². The second kappa shape index (κ2) is 9.01. The molecule has 32 heavy (non-hydrogen) atoms. The highest BCUT2D eigenvalue weighted by Crippen LogP contribution is 2.22. The molecule has 2 N–H and O–H groups in total. The first-order chi connectivity index (χ1) is 15.4. The summed E-state index contributed by atoms with van der Waals surface area (Å²) in [5.41, 5.74) is 3.49. The van der Waals surface area contributed by atoms with E-state index < -0.39 is 11.9 Å². The average Bonchev–Trinajstić information content (AvgIpc) is 3.12. The third-order valence-corrected chi connectivity index (χ3v) is 5.14. The molecule has 7 heteroatoms. The van der Waals surface area contributed by atoms with E-state index in [-0.39, 0.29) is 18.4 Å². The Bertz CT molecular complexity index is 1280. The first-order valence-corrected chi connectivity index (χ1v) is 10.3. The molecule has 1 atom stereocenters. The van der Waals surface area contributed by atoms with Crippen LogP contribution in [0.15, 0.2) is 72.8 Å². The van der Waals surface area contributed by atoms with Gasteiger partial charge in [-0.1, -0.05) is 35.9 Å². The molecular formula is C25H23FN4O2. The minimum Gasteiger partial charge on any atom is -0.342 e. The molecule has 6 nitrogen and oxygen atoms in total. The maximum atomic E-state index is 13.4. The number of hydrogen-bond acceptors (Lipinski definition) is 3. The summed E-state index contributed by atoms with van der Waals surface area (Å²) in [5.74, 6) is -0.414. The highest BCUT2D eigenvalue weighted by atomic mass is 19.1. The van der Waals surface area contributed by atoms with Gasteiger partial charge in [0, 0.05) is 11.3 Å². The molecule has 1 heterocycles. The first kappa shape index (κ1) is 21.2. The Morgan fingerprint density at radius 3 is 2.53 bits per heavy atom. The van der Waals surface area contributed by atoms with Crippen molar-refractivity contribution in [3.63, 3.8) is 0 Å². The Kier molecular flexibility index (Phi) is 5.98. The van der Waals surface area contributed by atoms with Crippen LogP contribution in [0.1, 0.15) is 34.7 Å². The van der Waals surface area contributed by atoms with Crippen molar-refractivity contribution >= 4 is 28.5 Å². The number of fused-ring (bicyclic) bond motifs is 1. The van der Waals surface area contributed by atoms with Crippen LogP contribution in [-0.4, -0.2) is 21.4 Å². The minimum absolute atomic E-state index is 0.0307. The van der Waals surface area contributed by atoms with Gasteiger partial charge in [0.1, 0.15) is 18.2 Å². The van der Waals surface area contributed by atoms with E-state index in [2.05, 4.69) is 15.6 Å². The minimum atomic E-state index is -0.446. The fraction of sp³-hybridized carbons (Fsp3) is 0.160. The van der Waals surface area contributed by atoms with Crippen LogP contribution in [0, 0.1) is 12.7 Å². The van der Waals surface area contributed by atoms with Crippen molar-refractivity contribution in [3.05, 3.63) is 95.6 Å². The smallest absolute Gasteiger partial charge is 0.251 e. The van der Waals surface area contributed by atoms with Crippen LogP contribution in [-0.2, 0) is 11.3 Å². The van der Waals surface area contributed by atoms with Gasteiger partial charge >= 0.3 is 0 Å². The van der Waals surface area contributed by atoms with Gasteiger partial charge in [0.05, 0.1) is 17.1 Å². The number of hydrogen-bond donors (Lipinski definition) is 2. The number of imidazole rings is 1. The number of rotatable bonds is 6. The summed E-state index contributed by atoms with van der Waals surface area (Å²) < 4.78 is 15.2. The Labute approximate surface area is 185 Å². The van der Waals surface area contributed by atoms with Crippen molar-refractivity contribution in [2.75, 3.05) is 5.32 Å². The lowest BCUT2D eigenvalue weighted by Gasteiger charge is -2.16. The van der Waals surface area contributed by atoms with Crippen LogP contribution >= 0.6 is 0 Å². The Hall–Kier alpha value is -4.00. The third kappa shape index (κ3) is 4.67. The van der Waals surface area contributed by atoms with Gasteiger partial charge in [0.25, 0.3) is 5.91 Å². The number of carbonyl (C=O) groups is 2. The number of halogens is 1. The summed E-state index contributed by atoms with van der Waals surface area (Å²) in [6.07, 6.45) is 0. The van der Waals surface area contributed by atoms with Gasteiger partial charge in [0.15, 0.2) is 0 Å². The van der Waals surface area contributed by atoms with Crippen LogP contribution in [0.25, 0.3) is 11.0 Å². The molecule has 1 unspecified atom stereocenters. The number of anilines is 1. The number of nitrogens with zero attached hydrogens (tertiary/aromatic N) is 2. The van der Waals surface area contributed by atoms with Gasteiger partial charge in [-0.2, -0.15) is 0 Å². The molecule has 4 rings (SSSR count). The number of para-hydroxylation sites is 2. The molecule has 0 aliphatic rings. The lowest BCUT2D eigenvalue weighted by Crippen LogP contribution is -2.30. The molecule has 0 saturated carbocycles. The molecule has 1 aromatic heterocycles. The Morgan fingerprint density at radius 1 is 1.03 bits per heavy atom. The molecule has 4 aromatic rings. The quantitative estimate of drug-likeness (QED) is 0.469. The summed E-state index contributed by atoms with van der Waals surface area (Å²) in [6.45, 7) is 3.76. The largest absolute Gasteiger partial charge is 0.342 e. The molecule has 0 radical (unpaired) electrons. The van der Waals surface area contributed by atoms with Gasteiger partial charge < -0.3 is 15.2 Å². The van der Waals surface area contributed by atoms with E-state index >= 15 is 0 Å². The highest BCUT2D eigenvalue weighted by Gasteiger charge is 2.20. The second-order valence-electron chi connectivity index (χ2n) is 7.66. The topological polar surface area (TPSA) is 76.0 Å². The molecule has 0 bridgehead atoms. The molecule has 0 aliphatic heterocycles. The van der Waals surface area contributed by atoms with E-state index in [4.69, 9.17) is 0 Å². The maximum Gasteiger partial charge on any atom is 0.251 e. The zero-order chi connectivity index (χ0) is 22.7. The van der Waals surface area contributed by atoms with E-state index in [9.17, 15) is 14.0 Å². The molecule has 0 spiro atoms. The number of amides is 2. The van der Waals surface area contributed by atoms with Crippen LogP contribution in [0.5, 0.6) is 0 Å². The zero-order valence-electron chi connectivity index (χ0n) is 17.8. The summed E-state index contributed by atoms with van der Waals surface area (Å²) >= 11 is 0. The molecule has 162 valence electrons. The summed E-state index contributed by atoms with van der Waals surface area (Å²) in [5, 5.41) is 5.67. The van der Waals surface area contributed by atoms with E-state index in [0.29, 0.717) is 17.1 Å². The predicted molar refractivity (Wildman–Crippen MR) is 122 cm³/mol. The van der Waals surface area contributed by atoms with Crippen molar-refractivity contribution in [1.29, 1.82) is 0 Å². The predicted octanol–water partition coefficient (Wildman–Crippen LogP) is 4.61. The molecular weight excluding hydrogens is 407 g/mol. The summed E-state index contributed by atoms with van der Waals surface area (Å²) in [7, 11) is 0. The highest BCUT2D eigenvalue weighted by molar-refractivity contribution is 5.94. The van der Waals surface area contributed by atoms with Gasteiger partial charge in [-0.25, -0.2) is 9.37 Å². The number of carbonyl (C=O) groups excluding carboxylic acids is 2. The Balaban J connectivity index is 1.58. The maximum absolute atomic E-state index is 13.4. The van der Waals surface area contributed by atoms with Gasteiger partial charge in [-0.15, -0.1) is 0 Å². The number of aromatic nitrogens is 2. The van der Waals surface area contributed by atoms with Crippen molar-refractivity contribution < 1.29 is 14.0 Å². The van der Waals surface area contributed by atoms with E-state index in [0.717, 1.165) is 16.6 Å². The molecule has 3 aromatic carbocycles. The number of aryl methyl sites for hydroxylation is 1. The van der Waals surface area contributed by atoms with Crippen molar-refractivity contribution in [3.8, 4) is 0 Å². The van der Waals surface area contributed by atoms with Crippen molar-refractivity contribution in [2.24, 2.45) is 0 Å². The summed E-state index contributed by atoms with van der Waals surface area (Å²) in [6, 6.07) is 20.0. The average molecular weight is 430 g/mol. The lowest BCUT2D eigenvalue weighted by atomic mass is 10.1. The summed E-state index contributed by atoms with van der Waals surface area (Å²) in [4.78, 5) is 30.1. The van der Waals surface area contributed by atoms with Gasteiger partial charge in [-0.3, -0.25) is 9.59 Å². The standard InChI is InChI=1S/C25H23FN4O2/c1-16-10-12-18(13-11-16)25(32)27-17(2)24-29-21-8-3-4-9-22(21)30(24)15-23(31)28-20-7-5-6-19(26)14-20/h3-14,17H,15H2,1-2H3,(H,27,32)(H,28,31). The molecule has 0 saturated heterocycles. The fourth-order valence-electron chi connectivity index (χ4n) is 3.55. The van der Waals surface area contributed by atoms with Gasteiger partial charge in [-0.05, 0) is 56.3 Å². The van der Waals surface area contributed by atoms with Crippen LogP contribution in [0.3, 0.4) is 0 Å². The number of benzene rings is 3. The van der Waals surface area contributed by atoms with Gasteiger partial charge in [0.2, 0.25) is 5.91 Å². The van der Waals surface area contributed by atoms with E-state index in [1.165, 1.54) is 18.2 Å².